The van der Waals surface area contributed by atoms with Gasteiger partial charge in [0, 0.05) is 19.1 Å². The molecule has 96 valence electrons. The van der Waals surface area contributed by atoms with Gasteiger partial charge in [-0.3, -0.25) is 4.98 Å². The van der Waals surface area contributed by atoms with Crippen LogP contribution in [0.1, 0.15) is 38.4 Å². The number of aliphatic hydroxyl groups is 1. The third kappa shape index (κ3) is 5.15. The Morgan fingerprint density at radius 2 is 2.29 bits per heavy atom. The molecule has 1 aromatic rings. The average molecular weight is 238 g/mol. The molecule has 0 aromatic carbocycles. The van der Waals surface area contributed by atoms with E-state index < -0.39 is 0 Å². The second kappa shape index (κ2) is 8.03. The van der Waals surface area contributed by atoms with Gasteiger partial charge in [0.1, 0.15) is 5.75 Å². The van der Waals surface area contributed by atoms with E-state index in [0.717, 1.165) is 24.4 Å². The molecule has 17 heavy (non-hydrogen) atoms. The zero-order chi connectivity index (χ0) is 12.5. The van der Waals surface area contributed by atoms with E-state index in [9.17, 15) is 0 Å². The molecule has 0 saturated heterocycles. The maximum atomic E-state index is 8.64. The first-order valence-corrected chi connectivity index (χ1v) is 6.21. The summed E-state index contributed by atoms with van der Waals surface area (Å²) >= 11 is 0. The molecule has 1 atom stereocenters. The number of hydrogen-bond acceptors (Lipinski definition) is 4. The highest BCUT2D eigenvalue weighted by Crippen LogP contribution is 2.14. The van der Waals surface area contributed by atoms with E-state index in [2.05, 4.69) is 24.1 Å². The molecule has 0 spiro atoms. The van der Waals surface area contributed by atoms with E-state index in [4.69, 9.17) is 9.84 Å². The first kappa shape index (κ1) is 13.9. The molecule has 4 nitrogen and oxygen atoms in total. The van der Waals surface area contributed by atoms with Crippen LogP contribution >= 0.6 is 0 Å². The number of aromatic nitrogens is 1. The number of hydrogen-bond donors (Lipinski definition) is 2. The largest absolute Gasteiger partial charge is 0.492 e. The third-order valence-electron chi connectivity index (χ3n) is 2.47. The molecule has 2 N–H and O–H groups in total. The fourth-order valence-electron chi connectivity index (χ4n) is 1.45. The molecule has 0 bridgehead atoms. The number of ether oxygens (including phenoxy) is 1. The second-order valence-electron chi connectivity index (χ2n) is 4.02. The van der Waals surface area contributed by atoms with Crippen molar-refractivity contribution in [3.8, 4) is 5.75 Å². The predicted octanol–water partition coefficient (Wildman–Crippen LogP) is 1.90. The van der Waals surface area contributed by atoms with E-state index >= 15 is 0 Å². The summed E-state index contributed by atoms with van der Waals surface area (Å²) in [4.78, 5) is 4.36. The molecule has 1 aromatic heterocycles. The van der Waals surface area contributed by atoms with Gasteiger partial charge in [-0.2, -0.15) is 0 Å². The molecule has 0 saturated carbocycles. The van der Waals surface area contributed by atoms with Crippen molar-refractivity contribution in [1.82, 2.24) is 10.3 Å². The zero-order valence-corrected chi connectivity index (χ0v) is 10.6. The van der Waals surface area contributed by atoms with Gasteiger partial charge >= 0.3 is 0 Å². The minimum atomic E-state index is 0.156. The fourth-order valence-corrected chi connectivity index (χ4v) is 1.45. The van der Waals surface area contributed by atoms with Gasteiger partial charge in [-0.25, -0.2) is 0 Å². The van der Waals surface area contributed by atoms with Gasteiger partial charge in [-0.05, 0) is 32.0 Å². The number of pyridine rings is 1. The van der Waals surface area contributed by atoms with Crippen LogP contribution < -0.4 is 10.1 Å². The Morgan fingerprint density at radius 1 is 1.47 bits per heavy atom. The highest BCUT2D eigenvalue weighted by molar-refractivity contribution is 5.21. The van der Waals surface area contributed by atoms with Gasteiger partial charge in [0.15, 0.2) is 0 Å². The van der Waals surface area contributed by atoms with Crippen LogP contribution in [0.4, 0.5) is 0 Å². The fraction of sp³-hybridized carbons (Fsp3) is 0.615. The van der Waals surface area contributed by atoms with Crippen molar-refractivity contribution < 1.29 is 9.84 Å². The first-order chi connectivity index (χ1) is 8.27. The lowest BCUT2D eigenvalue weighted by molar-refractivity contribution is 0.233. The normalized spacial score (nSPS) is 12.4. The van der Waals surface area contributed by atoms with Gasteiger partial charge in [-0.15, -0.1) is 0 Å². The third-order valence-corrected chi connectivity index (χ3v) is 2.47. The molecule has 4 heteroatoms. The van der Waals surface area contributed by atoms with Crippen molar-refractivity contribution in [2.45, 2.75) is 32.7 Å². The van der Waals surface area contributed by atoms with Crippen LogP contribution in [-0.2, 0) is 0 Å². The van der Waals surface area contributed by atoms with Gasteiger partial charge in [-0.1, -0.05) is 6.92 Å². The van der Waals surface area contributed by atoms with Crippen molar-refractivity contribution in [3.05, 3.63) is 24.0 Å². The molecule has 1 unspecified atom stereocenters. The van der Waals surface area contributed by atoms with Crippen LogP contribution in [0.25, 0.3) is 0 Å². The molecule has 0 aliphatic rings. The van der Waals surface area contributed by atoms with Crippen molar-refractivity contribution in [1.29, 1.82) is 0 Å². The van der Waals surface area contributed by atoms with Crippen LogP contribution in [-0.4, -0.2) is 29.8 Å². The molecule has 0 aliphatic heterocycles. The SMILES string of the molecule is CCCNC(C)c1ccc(OCCCO)cn1. The summed E-state index contributed by atoms with van der Waals surface area (Å²) in [5.74, 6) is 0.755. The summed E-state index contributed by atoms with van der Waals surface area (Å²) in [7, 11) is 0. The number of aliphatic hydroxyl groups excluding tert-OH is 1. The molecular weight excluding hydrogens is 216 g/mol. The Labute approximate surface area is 103 Å². The summed E-state index contributed by atoms with van der Waals surface area (Å²) in [6, 6.07) is 4.16. The maximum absolute atomic E-state index is 8.64. The van der Waals surface area contributed by atoms with E-state index in [0.29, 0.717) is 13.0 Å². The highest BCUT2D eigenvalue weighted by Gasteiger charge is 2.05. The van der Waals surface area contributed by atoms with Crippen molar-refractivity contribution in [2.24, 2.45) is 0 Å². The van der Waals surface area contributed by atoms with Crippen LogP contribution in [0.3, 0.4) is 0 Å². The molecule has 0 aliphatic carbocycles. The lowest BCUT2D eigenvalue weighted by atomic mass is 10.2. The van der Waals surface area contributed by atoms with Crippen LogP contribution in [0, 0.1) is 0 Å². The molecule has 1 heterocycles. The minimum absolute atomic E-state index is 0.156. The second-order valence-corrected chi connectivity index (χ2v) is 4.02. The summed E-state index contributed by atoms with van der Waals surface area (Å²) in [6.07, 6.45) is 3.50. The van der Waals surface area contributed by atoms with Gasteiger partial charge in [0.25, 0.3) is 0 Å². The molecule has 0 amide bonds. The highest BCUT2D eigenvalue weighted by atomic mass is 16.5. The summed E-state index contributed by atoms with van der Waals surface area (Å²) in [5, 5.41) is 12.0. The van der Waals surface area contributed by atoms with Gasteiger partial charge in [0.2, 0.25) is 0 Å². The minimum Gasteiger partial charge on any atom is -0.492 e. The van der Waals surface area contributed by atoms with E-state index in [-0.39, 0.29) is 12.6 Å². The van der Waals surface area contributed by atoms with E-state index in [1.54, 1.807) is 6.20 Å². The van der Waals surface area contributed by atoms with E-state index in [1.165, 1.54) is 0 Å². The Kier molecular flexibility index (Phi) is 6.58. The number of rotatable bonds is 8. The molecular formula is C13H22N2O2. The summed E-state index contributed by atoms with van der Waals surface area (Å²) < 4.78 is 5.42. The predicted molar refractivity (Wildman–Crippen MR) is 68.1 cm³/mol. The quantitative estimate of drug-likeness (QED) is 0.679. The molecule has 0 radical (unpaired) electrons. The van der Waals surface area contributed by atoms with Gasteiger partial charge in [0.05, 0.1) is 18.5 Å². The average Bonchev–Trinajstić information content (AvgIpc) is 2.37. The molecule has 1 rings (SSSR count). The van der Waals surface area contributed by atoms with Crippen molar-refractivity contribution in [3.63, 3.8) is 0 Å². The topological polar surface area (TPSA) is 54.4 Å². The van der Waals surface area contributed by atoms with Crippen LogP contribution in [0.5, 0.6) is 5.75 Å². The van der Waals surface area contributed by atoms with Crippen molar-refractivity contribution in [2.75, 3.05) is 19.8 Å². The zero-order valence-electron chi connectivity index (χ0n) is 10.6. The summed E-state index contributed by atoms with van der Waals surface area (Å²) in [6.45, 7) is 5.93. The van der Waals surface area contributed by atoms with E-state index in [1.807, 2.05) is 12.1 Å². The van der Waals surface area contributed by atoms with Crippen LogP contribution in [0.15, 0.2) is 18.3 Å². The Hall–Kier alpha value is -1.13. The van der Waals surface area contributed by atoms with Crippen LogP contribution in [0.2, 0.25) is 0 Å². The first-order valence-electron chi connectivity index (χ1n) is 6.21. The Bertz CT molecular complexity index is 301. The standard InChI is InChI=1S/C13H22N2O2/c1-3-7-14-11(2)13-6-5-12(10-15-13)17-9-4-8-16/h5-6,10-11,14,16H,3-4,7-9H2,1-2H3. The smallest absolute Gasteiger partial charge is 0.137 e. The lowest BCUT2D eigenvalue weighted by Gasteiger charge is -2.13. The van der Waals surface area contributed by atoms with Crippen molar-refractivity contribution >= 4 is 0 Å². The molecule has 0 fully saturated rings. The number of nitrogens with one attached hydrogen (secondary N) is 1. The Balaban J connectivity index is 2.43. The van der Waals surface area contributed by atoms with Gasteiger partial charge < -0.3 is 15.2 Å². The number of nitrogens with zero attached hydrogens (tertiary/aromatic N) is 1. The monoisotopic (exact) mass is 238 g/mol. The Morgan fingerprint density at radius 3 is 2.88 bits per heavy atom. The maximum Gasteiger partial charge on any atom is 0.137 e. The summed E-state index contributed by atoms with van der Waals surface area (Å²) in [5.41, 5.74) is 1.02. The lowest BCUT2D eigenvalue weighted by Crippen LogP contribution is -2.20.